The molecule has 30 heavy (non-hydrogen) atoms. The summed E-state index contributed by atoms with van der Waals surface area (Å²) in [7, 11) is 1.58. The summed E-state index contributed by atoms with van der Waals surface area (Å²) < 4.78 is 18.7. The van der Waals surface area contributed by atoms with Gasteiger partial charge in [0, 0.05) is 12.7 Å². The summed E-state index contributed by atoms with van der Waals surface area (Å²) in [6.45, 7) is 2.40. The molecule has 162 valence electrons. The minimum atomic E-state index is -1.18. The van der Waals surface area contributed by atoms with E-state index in [2.05, 4.69) is 5.32 Å². The Hall–Kier alpha value is -2.97. The van der Waals surface area contributed by atoms with Crippen molar-refractivity contribution in [1.82, 2.24) is 9.80 Å². The van der Waals surface area contributed by atoms with Gasteiger partial charge in [0.05, 0.1) is 0 Å². The Kier molecular flexibility index (Phi) is 6.09. The number of nitrogens with zero attached hydrogens (tertiary/aromatic N) is 2. The topological polar surface area (TPSA) is 96.0 Å². The summed E-state index contributed by atoms with van der Waals surface area (Å²) in [5.41, 5.74) is -0.210. The monoisotopic (exact) mass is 419 g/mol. The number of rotatable bonds is 5. The van der Waals surface area contributed by atoms with Crippen LogP contribution in [0, 0.1) is 12.7 Å². The number of carbonyl (C=O) groups excluding carboxylic acids is 4. The average molecular weight is 419 g/mol. The van der Waals surface area contributed by atoms with Crippen molar-refractivity contribution in [3.05, 3.63) is 29.6 Å². The predicted octanol–water partition coefficient (Wildman–Crippen LogP) is 2.60. The van der Waals surface area contributed by atoms with Gasteiger partial charge < -0.3 is 15.0 Å². The Balaban J connectivity index is 1.59. The highest BCUT2D eigenvalue weighted by atomic mass is 19.1. The average Bonchev–Trinajstić information content (AvgIpc) is 2.87. The number of carbonyl (C=O) groups is 4. The van der Waals surface area contributed by atoms with E-state index in [0.29, 0.717) is 18.4 Å². The van der Waals surface area contributed by atoms with Crippen LogP contribution in [-0.4, -0.2) is 58.8 Å². The maximum atomic E-state index is 13.6. The number of anilines is 1. The number of aryl methyl sites for hydroxylation is 1. The molecule has 1 aromatic rings. The fourth-order valence-electron chi connectivity index (χ4n) is 4.00. The molecule has 9 heteroatoms. The summed E-state index contributed by atoms with van der Waals surface area (Å²) in [6, 6.07) is 3.68. The van der Waals surface area contributed by atoms with Crippen LogP contribution < -0.4 is 5.32 Å². The van der Waals surface area contributed by atoms with Crippen LogP contribution >= 0.6 is 0 Å². The van der Waals surface area contributed by atoms with Gasteiger partial charge in [-0.15, -0.1) is 0 Å². The molecular formula is C21H26FN3O5. The molecule has 0 unspecified atom stereocenters. The molecule has 0 aromatic heterocycles. The third-order valence-corrected chi connectivity index (χ3v) is 5.89. The highest BCUT2D eigenvalue weighted by Gasteiger charge is 2.56. The molecule has 1 N–H and O–H groups in total. The van der Waals surface area contributed by atoms with Crippen molar-refractivity contribution in [2.75, 3.05) is 18.9 Å². The fraction of sp³-hybridized carbons (Fsp3) is 0.524. The first-order valence-electron chi connectivity index (χ1n) is 10.0. The number of imide groups is 1. The molecule has 1 aliphatic heterocycles. The van der Waals surface area contributed by atoms with E-state index in [1.54, 1.807) is 14.0 Å². The Morgan fingerprint density at radius 3 is 2.53 bits per heavy atom. The molecular weight excluding hydrogens is 393 g/mol. The second-order valence-electron chi connectivity index (χ2n) is 7.91. The lowest BCUT2D eigenvalue weighted by Gasteiger charge is -2.35. The van der Waals surface area contributed by atoms with Crippen LogP contribution in [0.4, 0.5) is 14.9 Å². The van der Waals surface area contributed by atoms with Gasteiger partial charge in [-0.3, -0.25) is 19.3 Å². The molecule has 1 saturated heterocycles. The van der Waals surface area contributed by atoms with Gasteiger partial charge in [0.15, 0.2) is 6.10 Å². The van der Waals surface area contributed by atoms with E-state index in [0.717, 1.165) is 24.2 Å². The van der Waals surface area contributed by atoms with Gasteiger partial charge in [0.1, 0.15) is 17.9 Å². The zero-order valence-electron chi connectivity index (χ0n) is 17.4. The number of halogens is 1. The molecule has 2 aliphatic rings. The quantitative estimate of drug-likeness (QED) is 0.585. The van der Waals surface area contributed by atoms with Gasteiger partial charge in [-0.1, -0.05) is 25.3 Å². The van der Waals surface area contributed by atoms with Crippen LogP contribution in [0.3, 0.4) is 0 Å². The van der Waals surface area contributed by atoms with Crippen molar-refractivity contribution in [1.29, 1.82) is 0 Å². The Morgan fingerprint density at radius 1 is 1.23 bits per heavy atom. The Bertz CT molecular complexity index is 881. The normalized spacial score (nSPS) is 19.2. The third-order valence-electron chi connectivity index (χ3n) is 5.89. The van der Waals surface area contributed by atoms with Gasteiger partial charge in [0.2, 0.25) is 0 Å². The summed E-state index contributed by atoms with van der Waals surface area (Å²) >= 11 is 0. The second kappa shape index (κ2) is 8.41. The zero-order chi connectivity index (χ0) is 22.1. The van der Waals surface area contributed by atoms with Crippen molar-refractivity contribution < 1.29 is 28.3 Å². The van der Waals surface area contributed by atoms with Crippen LogP contribution in [-0.2, 0) is 19.1 Å². The lowest BCUT2D eigenvalue weighted by Crippen LogP contribution is -2.49. The van der Waals surface area contributed by atoms with Crippen molar-refractivity contribution in [2.45, 2.75) is 57.6 Å². The minimum Gasteiger partial charge on any atom is -0.451 e. The van der Waals surface area contributed by atoms with Gasteiger partial charge in [0.25, 0.3) is 11.8 Å². The van der Waals surface area contributed by atoms with Gasteiger partial charge in [-0.25, -0.2) is 9.18 Å². The van der Waals surface area contributed by atoms with Crippen LogP contribution in [0.15, 0.2) is 18.2 Å². The number of likely N-dealkylation sites (N-methyl/N-ethyl adjacent to an activating group) is 1. The molecule has 1 spiro atoms. The number of nitrogens with one attached hydrogen (secondary N) is 1. The number of hydrogen-bond acceptors (Lipinski definition) is 5. The zero-order valence-corrected chi connectivity index (χ0v) is 17.4. The summed E-state index contributed by atoms with van der Waals surface area (Å²) in [5.74, 6) is -2.37. The number of benzene rings is 1. The van der Waals surface area contributed by atoms with Crippen LogP contribution in [0.2, 0.25) is 0 Å². The SMILES string of the molecule is Cc1ccc(NC(=O)[C@@H](C)OC(=O)CN2C(=O)N(C)C3(CCCCC3)C2=O)cc1F. The Morgan fingerprint density at radius 2 is 1.90 bits per heavy atom. The van der Waals surface area contributed by atoms with E-state index in [1.807, 2.05) is 0 Å². The maximum Gasteiger partial charge on any atom is 0.327 e. The number of hydrogen-bond donors (Lipinski definition) is 1. The molecule has 0 radical (unpaired) electrons. The third kappa shape index (κ3) is 4.01. The minimum absolute atomic E-state index is 0.233. The molecule has 1 aliphatic carbocycles. The molecule has 1 atom stereocenters. The predicted molar refractivity (Wildman–Crippen MR) is 106 cm³/mol. The van der Waals surface area contributed by atoms with Crippen molar-refractivity contribution in [3.8, 4) is 0 Å². The number of ether oxygens (including phenoxy) is 1. The molecule has 1 heterocycles. The van der Waals surface area contributed by atoms with Gasteiger partial charge in [-0.2, -0.15) is 0 Å². The van der Waals surface area contributed by atoms with Crippen LogP contribution in [0.1, 0.15) is 44.6 Å². The first kappa shape index (κ1) is 21.7. The lowest BCUT2D eigenvalue weighted by molar-refractivity contribution is -0.155. The van der Waals surface area contributed by atoms with E-state index < -0.39 is 41.9 Å². The number of amides is 4. The van der Waals surface area contributed by atoms with E-state index in [9.17, 15) is 23.6 Å². The summed E-state index contributed by atoms with van der Waals surface area (Å²) in [4.78, 5) is 52.3. The highest BCUT2D eigenvalue weighted by molar-refractivity contribution is 6.08. The molecule has 3 rings (SSSR count). The summed E-state index contributed by atoms with van der Waals surface area (Å²) in [6.07, 6.45) is 2.67. The number of esters is 1. The van der Waals surface area contributed by atoms with Crippen molar-refractivity contribution in [3.63, 3.8) is 0 Å². The van der Waals surface area contributed by atoms with Gasteiger partial charge in [-0.05, 0) is 44.4 Å². The highest BCUT2D eigenvalue weighted by Crippen LogP contribution is 2.39. The van der Waals surface area contributed by atoms with E-state index in [1.165, 1.54) is 30.0 Å². The van der Waals surface area contributed by atoms with E-state index in [4.69, 9.17) is 4.74 Å². The molecule has 4 amide bonds. The van der Waals surface area contributed by atoms with Crippen molar-refractivity contribution in [2.24, 2.45) is 0 Å². The first-order chi connectivity index (χ1) is 14.2. The van der Waals surface area contributed by atoms with Crippen molar-refractivity contribution >= 4 is 29.5 Å². The van der Waals surface area contributed by atoms with Gasteiger partial charge >= 0.3 is 12.0 Å². The fourth-order valence-corrected chi connectivity index (χ4v) is 4.00. The molecule has 1 saturated carbocycles. The maximum absolute atomic E-state index is 13.6. The molecule has 2 fully saturated rings. The standard InChI is InChI=1S/C21H26FN3O5/c1-13-7-8-15(11-16(13)22)23-18(27)14(2)30-17(26)12-25-19(28)21(24(3)20(25)29)9-5-4-6-10-21/h7-8,11,14H,4-6,9-10,12H2,1-3H3,(H,23,27)/t14-/m1/s1. The van der Waals surface area contributed by atoms with E-state index >= 15 is 0 Å². The largest absolute Gasteiger partial charge is 0.451 e. The molecule has 1 aromatic carbocycles. The Labute approximate surface area is 174 Å². The second-order valence-corrected chi connectivity index (χ2v) is 7.91. The molecule has 0 bridgehead atoms. The number of urea groups is 1. The first-order valence-corrected chi connectivity index (χ1v) is 10.0. The summed E-state index contributed by atoms with van der Waals surface area (Å²) in [5, 5.41) is 2.47. The van der Waals surface area contributed by atoms with E-state index in [-0.39, 0.29) is 11.6 Å². The van der Waals surface area contributed by atoms with Crippen LogP contribution in [0.25, 0.3) is 0 Å². The lowest BCUT2D eigenvalue weighted by atomic mass is 9.81. The van der Waals surface area contributed by atoms with Crippen LogP contribution in [0.5, 0.6) is 0 Å². The smallest absolute Gasteiger partial charge is 0.327 e. The molecule has 8 nitrogen and oxygen atoms in total.